The number of rotatable bonds is 5. The predicted octanol–water partition coefficient (Wildman–Crippen LogP) is -0.151. The topological polar surface area (TPSA) is 109 Å². The van der Waals surface area contributed by atoms with E-state index < -0.39 is 39.4 Å². The van der Waals surface area contributed by atoms with Crippen LogP contribution in [-0.4, -0.2) is 37.7 Å². The lowest BCUT2D eigenvalue weighted by atomic mass is 9.82. The summed E-state index contributed by atoms with van der Waals surface area (Å²) in [6, 6.07) is 3.22. The normalized spacial score (nSPS) is 11.2. The van der Waals surface area contributed by atoms with Crippen molar-refractivity contribution in [1.82, 2.24) is 4.98 Å². The van der Waals surface area contributed by atoms with E-state index in [1.54, 1.807) is 0 Å². The number of anilines is 1. The number of aromatic nitrogens is 1. The summed E-state index contributed by atoms with van der Waals surface area (Å²) in [5.41, 5.74) is -0.686. The van der Waals surface area contributed by atoms with Crippen LogP contribution in [-0.2, 0) is 10.0 Å². The third-order valence-corrected chi connectivity index (χ3v) is 4.16. The van der Waals surface area contributed by atoms with Crippen LogP contribution in [0, 0.1) is 11.6 Å². The number of hydrogen-bond acceptors (Lipinski definition) is 6. The van der Waals surface area contributed by atoms with Crippen LogP contribution in [0.25, 0.3) is 0 Å². The first-order valence-electron chi connectivity index (χ1n) is 6.12. The van der Waals surface area contributed by atoms with Gasteiger partial charge in [-0.15, -0.1) is 0 Å². The molecule has 1 aromatic heterocycles. The van der Waals surface area contributed by atoms with Crippen molar-refractivity contribution in [1.29, 1.82) is 0 Å². The van der Waals surface area contributed by atoms with E-state index in [-0.39, 0.29) is 11.3 Å². The van der Waals surface area contributed by atoms with E-state index in [1.807, 2.05) is 4.72 Å². The molecule has 0 spiro atoms. The quantitative estimate of drug-likeness (QED) is 0.651. The molecule has 0 aliphatic heterocycles. The Morgan fingerprint density at radius 1 is 1.26 bits per heavy atom. The van der Waals surface area contributed by atoms with Gasteiger partial charge in [0, 0.05) is 17.7 Å². The molecule has 3 N–H and O–H groups in total. The lowest BCUT2D eigenvalue weighted by Crippen LogP contribution is -2.31. The molecule has 0 aliphatic carbocycles. The summed E-state index contributed by atoms with van der Waals surface area (Å²) < 4.78 is 57.9. The van der Waals surface area contributed by atoms with Crippen LogP contribution < -0.4 is 14.9 Å². The molecule has 0 saturated heterocycles. The highest BCUT2D eigenvalue weighted by molar-refractivity contribution is 7.92. The molecule has 7 nitrogen and oxygen atoms in total. The maximum absolute atomic E-state index is 13.6. The number of halogens is 2. The zero-order valence-electron chi connectivity index (χ0n) is 11.7. The van der Waals surface area contributed by atoms with Gasteiger partial charge in [0.25, 0.3) is 10.0 Å². The van der Waals surface area contributed by atoms with E-state index in [0.717, 1.165) is 31.5 Å². The molecule has 0 fully saturated rings. The number of pyridine rings is 1. The summed E-state index contributed by atoms with van der Waals surface area (Å²) >= 11 is 0. The van der Waals surface area contributed by atoms with E-state index in [4.69, 9.17) is 14.8 Å². The van der Waals surface area contributed by atoms with Crippen LogP contribution in [0.3, 0.4) is 0 Å². The van der Waals surface area contributed by atoms with Crippen LogP contribution in [0.2, 0.25) is 0 Å². The Morgan fingerprint density at radius 3 is 2.52 bits per heavy atom. The maximum atomic E-state index is 13.6. The Bertz CT molecular complexity index is 832. The molecule has 0 bridgehead atoms. The van der Waals surface area contributed by atoms with Gasteiger partial charge in [-0.25, -0.2) is 22.2 Å². The van der Waals surface area contributed by atoms with Crippen molar-refractivity contribution in [3.05, 3.63) is 42.1 Å². The molecule has 1 heterocycles. The minimum absolute atomic E-state index is 0.203. The van der Waals surface area contributed by atoms with Gasteiger partial charge in [0.2, 0.25) is 5.88 Å². The van der Waals surface area contributed by atoms with Crippen molar-refractivity contribution < 1.29 is 32.0 Å². The Labute approximate surface area is 130 Å². The third kappa shape index (κ3) is 3.75. The summed E-state index contributed by atoms with van der Waals surface area (Å²) in [5, 5.41) is 18.2. The van der Waals surface area contributed by atoms with Crippen LogP contribution >= 0.6 is 0 Å². The SMILES string of the molecule is COc1ncc(B(O)O)cc1S(=O)(=O)Nc1ccc(F)cc1F. The van der Waals surface area contributed by atoms with E-state index >= 15 is 0 Å². The van der Waals surface area contributed by atoms with Crippen LogP contribution in [0.1, 0.15) is 0 Å². The lowest BCUT2D eigenvalue weighted by molar-refractivity contribution is 0.385. The highest BCUT2D eigenvalue weighted by Gasteiger charge is 2.25. The fraction of sp³-hybridized carbons (Fsp3) is 0.0833. The zero-order valence-corrected chi connectivity index (χ0v) is 12.5. The number of nitrogens with one attached hydrogen (secondary N) is 1. The number of benzene rings is 1. The smallest absolute Gasteiger partial charge is 0.480 e. The van der Waals surface area contributed by atoms with Gasteiger partial charge in [0.05, 0.1) is 12.8 Å². The fourth-order valence-corrected chi connectivity index (χ4v) is 2.93. The lowest BCUT2D eigenvalue weighted by Gasteiger charge is -2.12. The first-order chi connectivity index (χ1) is 10.7. The molecule has 23 heavy (non-hydrogen) atoms. The van der Waals surface area contributed by atoms with Crippen molar-refractivity contribution in [2.45, 2.75) is 4.90 Å². The van der Waals surface area contributed by atoms with Gasteiger partial charge >= 0.3 is 7.12 Å². The van der Waals surface area contributed by atoms with Crippen LogP contribution in [0.4, 0.5) is 14.5 Å². The van der Waals surface area contributed by atoms with Crippen LogP contribution in [0.5, 0.6) is 5.88 Å². The first kappa shape index (κ1) is 17.1. The van der Waals surface area contributed by atoms with Crippen molar-refractivity contribution >= 4 is 28.3 Å². The Hall–Kier alpha value is -2.24. The van der Waals surface area contributed by atoms with E-state index in [1.165, 1.54) is 0 Å². The molecule has 0 atom stereocenters. The molecule has 2 aromatic rings. The monoisotopic (exact) mass is 344 g/mol. The predicted molar refractivity (Wildman–Crippen MR) is 77.8 cm³/mol. The molecule has 0 saturated carbocycles. The number of sulfonamides is 1. The number of ether oxygens (including phenoxy) is 1. The Balaban J connectivity index is 2.48. The highest BCUT2D eigenvalue weighted by atomic mass is 32.2. The molecule has 0 amide bonds. The molecule has 1 aromatic carbocycles. The standard InChI is InChI=1S/C12H11BF2N2O5S/c1-22-12-11(4-7(6-16-12)13(18)19)23(20,21)17-10-3-2-8(14)5-9(10)15/h2-6,17-19H,1H3. The summed E-state index contributed by atoms with van der Waals surface area (Å²) in [4.78, 5) is 3.11. The summed E-state index contributed by atoms with van der Waals surface area (Å²) in [7, 11) is -5.16. The highest BCUT2D eigenvalue weighted by Crippen LogP contribution is 2.24. The number of hydrogen-bond donors (Lipinski definition) is 3. The first-order valence-corrected chi connectivity index (χ1v) is 7.61. The van der Waals surface area contributed by atoms with E-state index in [2.05, 4.69) is 4.98 Å². The second-order valence-corrected chi connectivity index (χ2v) is 6.03. The summed E-state index contributed by atoms with van der Waals surface area (Å²) in [5.74, 6) is -2.31. The van der Waals surface area contributed by atoms with Gasteiger partial charge in [0.1, 0.15) is 16.5 Å². The molecule has 0 radical (unpaired) electrons. The van der Waals surface area contributed by atoms with Gasteiger partial charge < -0.3 is 14.8 Å². The van der Waals surface area contributed by atoms with Crippen molar-refractivity contribution in [2.24, 2.45) is 0 Å². The maximum Gasteiger partial charge on any atom is 0.490 e. The fourth-order valence-electron chi connectivity index (χ4n) is 1.71. The van der Waals surface area contributed by atoms with Crippen LogP contribution in [0.15, 0.2) is 35.4 Å². The average molecular weight is 344 g/mol. The minimum Gasteiger partial charge on any atom is -0.480 e. The van der Waals surface area contributed by atoms with Crippen molar-refractivity contribution in [3.63, 3.8) is 0 Å². The van der Waals surface area contributed by atoms with Crippen molar-refractivity contribution in [3.8, 4) is 5.88 Å². The van der Waals surface area contributed by atoms with Gasteiger partial charge in [-0.1, -0.05) is 0 Å². The summed E-state index contributed by atoms with van der Waals surface area (Å²) in [6.45, 7) is 0. The average Bonchev–Trinajstić information content (AvgIpc) is 2.49. The van der Waals surface area contributed by atoms with E-state index in [9.17, 15) is 17.2 Å². The molecule has 0 unspecified atom stereocenters. The second kappa shape index (κ2) is 6.48. The molecule has 122 valence electrons. The molecule has 0 aliphatic rings. The number of nitrogens with zero attached hydrogens (tertiary/aromatic N) is 1. The molecular weight excluding hydrogens is 333 g/mol. The molecule has 2 rings (SSSR count). The van der Waals surface area contributed by atoms with E-state index in [0.29, 0.717) is 6.07 Å². The van der Waals surface area contributed by atoms with Crippen molar-refractivity contribution in [2.75, 3.05) is 11.8 Å². The zero-order chi connectivity index (χ0) is 17.2. The number of methoxy groups -OCH3 is 1. The molecular formula is C12H11BF2N2O5S. The van der Waals surface area contributed by atoms with Gasteiger partial charge in [0.15, 0.2) is 0 Å². The van der Waals surface area contributed by atoms with Gasteiger partial charge in [-0.2, -0.15) is 0 Å². The summed E-state index contributed by atoms with van der Waals surface area (Å²) in [6.07, 6.45) is 1.01. The second-order valence-electron chi connectivity index (χ2n) is 4.38. The largest absolute Gasteiger partial charge is 0.490 e. The van der Waals surface area contributed by atoms with Gasteiger partial charge in [-0.05, 0) is 18.2 Å². The Morgan fingerprint density at radius 2 is 1.96 bits per heavy atom. The minimum atomic E-state index is -4.37. The Kier molecular flexibility index (Phi) is 4.83. The molecule has 11 heteroatoms. The van der Waals surface area contributed by atoms with Gasteiger partial charge in [-0.3, -0.25) is 4.72 Å². The third-order valence-electron chi connectivity index (χ3n) is 2.80.